The molecule has 1 saturated heterocycles. The number of anilines is 1. The first kappa shape index (κ1) is 24.4. The Morgan fingerprint density at radius 2 is 1.59 bits per heavy atom. The van der Waals surface area contributed by atoms with Crippen LogP contribution in [0.1, 0.15) is 40.4 Å². The lowest BCUT2D eigenvalue weighted by Gasteiger charge is -2.31. The van der Waals surface area contributed by atoms with Crippen molar-refractivity contribution in [1.82, 2.24) is 19.9 Å². The molecule has 8 heteroatoms. The van der Waals surface area contributed by atoms with Gasteiger partial charge >= 0.3 is 5.97 Å². The van der Waals surface area contributed by atoms with Crippen molar-refractivity contribution in [3.8, 4) is 16.9 Å². The molecule has 37 heavy (non-hydrogen) atoms. The molecule has 1 N–H and O–H groups in total. The van der Waals surface area contributed by atoms with Gasteiger partial charge in [-0.2, -0.15) is 0 Å². The number of carboxylic acid groups (broad SMARTS) is 1. The van der Waals surface area contributed by atoms with E-state index in [1.54, 1.807) is 6.92 Å². The number of piperidine rings is 1. The summed E-state index contributed by atoms with van der Waals surface area (Å²) in [6.07, 6.45) is 6.23. The topological polar surface area (TPSA) is 101 Å². The largest absolute Gasteiger partial charge is 0.484 e. The molecule has 8 nitrogen and oxygen atoms in total. The summed E-state index contributed by atoms with van der Waals surface area (Å²) >= 11 is 0. The van der Waals surface area contributed by atoms with Gasteiger partial charge in [-0.25, -0.2) is 24.7 Å². The Hall–Kier alpha value is -4.33. The Labute approximate surface area is 216 Å². The molecule has 5 rings (SSSR count). The van der Waals surface area contributed by atoms with E-state index in [2.05, 4.69) is 24.8 Å². The van der Waals surface area contributed by atoms with Crippen LogP contribution in [0.2, 0.25) is 0 Å². The van der Waals surface area contributed by atoms with Crippen LogP contribution in [-0.2, 0) is 13.0 Å². The number of rotatable bonds is 8. The van der Waals surface area contributed by atoms with Crippen molar-refractivity contribution in [3.63, 3.8) is 0 Å². The van der Waals surface area contributed by atoms with Crippen LogP contribution < -0.4 is 9.64 Å². The fourth-order valence-electron chi connectivity index (χ4n) is 4.62. The minimum atomic E-state index is -1.11. The summed E-state index contributed by atoms with van der Waals surface area (Å²) in [5, 5.41) is 9.78. The second-order valence-corrected chi connectivity index (χ2v) is 9.25. The van der Waals surface area contributed by atoms with Gasteiger partial charge in [-0.3, -0.25) is 0 Å². The van der Waals surface area contributed by atoms with E-state index in [0.717, 1.165) is 48.6 Å². The summed E-state index contributed by atoms with van der Waals surface area (Å²) in [5.74, 6) is 0.755. The molecule has 0 saturated carbocycles. The summed E-state index contributed by atoms with van der Waals surface area (Å²) in [7, 11) is 0. The summed E-state index contributed by atoms with van der Waals surface area (Å²) in [6, 6.07) is 19.7. The number of aromatic carboxylic acids is 1. The Kier molecular flexibility index (Phi) is 7.35. The SMILES string of the molecule is Cc1nc(CC2CCN(c3ncc(-c4ccccc4)cn3)CC2)nc(C(=O)O)c1OCc1ccccc1. The third-order valence-electron chi connectivity index (χ3n) is 6.62. The number of aromatic nitrogens is 4. The van der Waals surface area contributed by atoms with Gasteiger partial charge in [0.15, 0.2) is 11.4 Å². The maximum absolute atomic E-state index is 12.0. The van der Waals surface area contributed by atoms with Crippen molar-refractivity contribution >= 4 is 11.9 Å². The van der Waals surface area contributed by atoms with Crippen molar-refractivity contribution in [2.24, 2.45) is 5.92 Å². The first-order valence-electron chi connectivity index (χ1n) is 12.5. The third kappa shape index (κ3) is 5.91. The molecule has 188 valence electrons. The van der Waals surface area contributed by atoms with E-state index >= 15 is 0 Å². The highest BCUT2D eigenvalue weighted by Gasteiger charge is 2.25. The molecule has 3 heterocycles. The quantitative estimate of drug-likeness (QED) is 0.365. The Bertz CT molecular complexity index is 1340. The second kappa shape index (κ2) is 11.2. The highest BCUT2D eigenvalue weighted by molar-refractivity contribution is 5.88. The average molecular weight is 496 g/mol. The third-order valence-corrected chi connectivity index (χ3v) is 6.62. The van der Waals surface area contributed by atoms with Crippen LogP contribution in [0.25, 0.3) is 11.1 Å². The van der Waals surface area contributed by atoms with Crippen molar-refractivity contribution in [2.75, 3.05) is 18.0 Å². The van der Waals surface area contributed by atoms with Crippen molar-refractivity contribution in [1.29, 1.82) is 0 Å². The summed E-state index contributed by atoms with van der Waals surface area (Å²) in [5.41, 5.74) is 3.51. The zero-order valence-corrected chi connectivity index (χ0v) is 20.7. The van der Waals surface area contributed by atoms with Gasteiger partial charge in [0.2, 0.25) is 5.95 Å². The van der Waals surface area contributed by atoms with Gasteiger partial charge < -0.3 is 14.7 Å². The highest BCUT2D eigenvalue weighted by atomic mass is 16.5. The maximum Gasteiger partial charge on any atom is 0.358 e. The fraction of sp³-hybridized carbons (Fsp3) is 0.276. The zero-order chi connectivity index (χ0) is 25.6. The van der Waals surface area contributed by atoms with Gasteiger partial charge in [0.1, 0.15) is 12.4 Å². The van der Waals surface area contributed by atoms with Crippen LogP contribution >= 0.6 is 0 Å². The van der Waals surface area contributed by atoms with Crippen LogP contribution in [-0.4, -0.2) is 44.1 Å². The van der Waals surface area contributed by atoms with Crippen LogP contribution in [0.15, 0.2) is 73.1 Å². The Morgan fingerprint density at radius 1 is 0.946 bits per heavy atom. The van der Waals surface area contributed by atoms with Crippen LogP contribution in [0, 0.1) is 12.8 Å². The average Bonchev–Trinajstić information content (AvgIpc) is 2.94. The molecule has 0 bridgehead atoms. The van der Waals surface area contributed by atoms with Crippen molar-refractivity contribution < 1.29 is 14.6 Å². The molecule has 2 aromatic carbocycles. The Balaban J connectivity index is 1.21. The highest BCUT2D eigenvalue weighted by Crippen LogP contribution is 2.27. The molecule has 4 aromatic rings. The molecule has 0 unspecified atom stereocenters. The summed E-state index contributed by atoms with van der Waals surface area (Å²) in [6.45, 7) is 3.70. The first-order chi connectivity index (χ1) is 18.1. The molecular weight excluding hydrogens is 466 g/mol. The number of ether oxygens (including phenoxy) is 1. The first-order valence-corrected chi connectivity index (χ1v) is 12.5. The van der Waals surface area contributed by atoms with Gasteiger partial charge in [0.25, 0.3) is 0 Å². The number of aryl methyl sites for hydroxylation is 1. The van der Waals surface area contributed by atoms with E-state index in [-0.39, 0.29) is 18.1 Å². The molecule has 0 spiro atoms. The lowest BCUT2D eigenvalue weighted by molar-refractivity contribution is 0.0683. The van der Waals surface area contributed by atoms with Gasteiger partial charge in [0, 0.05) is 37.5 Å². The van der Waals surface area contributed by atoms with Crippen molar-refractivity contribution in [3.05, 3.63) is 95.8 Å². The molecule has 0 aliphatic carbocycles. The van der Waals surface area contributed by atoms with Crippen LogP contribution in [0.4, 0.5) is 5.95 Å². The van der Waals surface area contributed by atoms with Crippen molar-refractivity contribution in [2.45, 2.75) is 32.8 Å². The molecule has 2 aromatic heterocycles. The number of carboxylic acids is 1. The molecule has 1 fully saturated rings. The van der Waals surface area contributed by atoms with E-state index in [1.165, 1.54) is 0 Å². The fourth-order valence-corrected chi connectivity index (χ4v) is 4.62. The molecule has 1 aliphatic rings. The van der Waals surface area contributed by atoms with Gasteiger partial charge in [-0.05, 0) is 36.8 Å². The predicted octanol–water partition coefficient (Wildman–Crippen LogP) is 4.98. The summed E-state index contributed by atoms with van der Waals surface area (Å²) < 4.78 is 5.83. The van der Waals surface area contributed by atoms with E-state index in [0.29, 0.717) is 23.9 Å². The lowest BCUT2D eigenvalue weighted by atomic mass is 9.93. The van der Waals surface area contributed by atoms with E-state index in [9.17, 15) is 9.90 Å². The Morgan fingerprint density at radius 3 is 2.24 bits per heavy atom. The molecule has 0 atom stereocenters. The second-order valence-electron chi connectivity index (χ2n) is 9.25. The monoisotopic (exact) mass is 495 g/mol. The number of benzene rings is 2. The zero-order valence-electron chi connectivity index (χ0n) is 20.7. The maximum atomic E-state index is 12.0. The molecular formula is C29H29N5O3. The molecule has 0 amide bonds. The van der Waals surface area contributed by atoms with E-state index in [4.69, 9.17) is 4.74 Å². The normalized spacial score (nSPS) is 13.9. The smallest absolute Gasteiger partial charge is 0.358 e. The number of hydrogen-bond acceptors (Lipinski definition) is 7. The predicted molar refractivity (Wildman–Crippen MR) is 141 cm³/mol. The van der Waals surface area contributed by atoms with Crippen LogP contribution in [0.3, 0.4) is 0 Å². The number of hydrogen-bond donors (Lipinski definition) is 1. The van der Waals surface area contributed by atoms with Crippen LogP contribution in [0.5, 0.6) is 5.75 Å². The van der Waals surface area contributed by atoms with Gasteiger partial charge in [-0.15, -0.1) is 0 Å². The van der Waals surface area contributed by atoms with E-state index in [1.807, 2.05) is 73.1 Å². The van der Waals surface area contributed by atoms with Gasteiger partial charge in [-0.1, -0.05) is 60.7 Å². The van der Waals surface area contributed by atoms with E-state index < -0.39 is 5.97 Å². The molecule has 0 radical (unpaired) electrons. The van der Waals surface area contributed by atoms with Gasteiger partial charge in [0.05, 0.1) is 5.69 Å². The minimum absolute atomic E-state index is 0.0808. The summed E-state index contributed by atoms with van der Waals surface area (Å²) in [4.78, 5) is 32.3. The minimum Gasteiger partial charge on any atom is -0.484 e. The number of carbonyl (C=O) groups is 1. The lowest BCUT2D eigenvalue weighted by Crippen LogP contribution is -2.35. The molecule has 1 aliphatic heterocycles. The number of nitrogens with zero attached hydrogens (tertiary/aromatic N) is 5. The standard InChI is InChI=1S/C29H29N5O3/c1-20-27(37-19-22-8-4-2-5-9-22)26(28(35)36)33-25(32-20)16-21-12-14-34(15-13-21)29-30-17-24(18-31-29)23-10-6-3-7-11-23/h2-11,17-18,21H,12-16,19H2,1H3,(H,35,36).